The van der Waals surface area contributed by atoms with Crippen LogP contribution in [0, 0.1) is 0 Å². The zero-order chi connectivity index (χ0) is 18.6. The predicted molar refractivity (Wildman–Crippen MR) is 107 cm³/mol. The molecular formula is C21H20N2O3S. The normalized spacial score (nSPS) is 20.2. The largest absolute Gasteiger partial charge is 0.376 e. The standard InChI is InChI=1S/C21H20N2O3S/c24-20(22-13-16-4-3-11-26-16)15-9-7-14(8-10-15)12-19-21(25)23-17-5-1-2-6-18(17)27-19/h1-2,5-10,12,16H,3-4,11,13H2,(H,22,24)(H,23,25)/b19-12+. The van der Waals surface area contributed by atoms with E-state index in [0.29, 0.717) is 17.0 Å². The number of hydrogen-bond donors (Lipinski definition) is 2. The van der Waals surface area contributed by atoms with Gasteiger partial charge in [0.1, 0.15) is 0 Å². The summed E-state index contributed by atoms with van der Waals surface area (Å²) in [4.78, 5) is 26.2. The Balaban J connectivity index is 1.42. The van der Waals surface area contributed by atoms with Gasteiger partial charge in [-0.3, -0.25) is 9.59 Å². The van der Waals surface area contributed by atoms with Crippen molar-refractivity contribution >= 4 is 35.3 Å². The first-order chi connectivity index (χ1) is 13.2. The van der Waals surface area contributed by atoms with Gasteiger partial charge < -0.3 is 15.4 Å². The monoisotopic (exact) mass is 380 g/mol. The third-order valence-corrected chi connectivity index (χ3v) is 5.66. The molecule has 2 aromatic rings. The van der Waals surface area contributed by atoms with Crippen molar-refractivity contribution in [3.63, 3.8) is 0 Å². The topological polar surface area (TPSA) is 67.4 Å². The number of para-hydroxylation sites is 1. The highest BCUT2D eigenvalue weighted by atomic mass is 32.2. The molecule has 4 rings (SSSR count). The third kappa shape index (κ3) is 4.23. The lowest BCUT2D eigenvalue weighted by Gasteiger charge is -2.18. The van der Waals surface area contributed by atoms with Crippen LogP contribution in [0.2, 0.25) is 0 Å². The van der Waals surface area contributed by atoms with Gasteiger partial charge in [-0.25, -0.2) is 0 Å². The third-order valence-electron chi connectivity index (χ3n) is 4.56. The molecule has 5 nitrogen and oxygen atoms in total. The molecule has 0 aromatic heterocycles. The fraction of sp³-hybridized carbons (Fsp3) is 0.238. The highest BCUT2D eigenvalue weighted by Crippen LogP contribution is 2.38. The Labute approximate surface area is 162 Å². The molecule has 0 aliphatic carbocycles. The molecule has 0 bridgehead atoms. The lowest BCUT2D eigenvalue weighted by atomic mass is 10.1. The molecule has 27 heavy (non-hydrogen) atoms. The molecule has 2 aliphatic rings. The molecular weight excluding hydrogens is 360 g/mol. The molecule has 0 spiro atoms. The molecule has 1 fully saturated rings. The van der Waals surface area contributed by atoms with E-state index in [9.17, 15) is 9.59 Å². The number of ether oxygens (including phenoxy) is 1. The van der Waals surface area contributed by atoms with Crippen molar-refractivity contribution in [3.8, 4) is 0 Å². The molecule has 1 unspecified atom stereocenters. The molecule has 2 N–H and O–H groups in total. The summed E-state index contributed by atoms with van der Waals surface area (Å²) >= 11 is 1.45. The summed E-state index contributed by atoms with van der Waals surface area (Å²) in [7, 11) is 0. The van der Waals surface area contributed by atoms with Crippen LogP contribution in [0.5, 0.6) is 0 Å². The van der Waals surface area contributed by atoms with E-state index >= 15 is 0 Å². The van der Waals surface area contributed by atoms with E-state index in [0.717, 1.165) is 35.6 Å². The minimum atomic E-state index is -0.114. The van der Waals surface area contributed by atoms with Gasteiger partial charge in [-0.15, -0.1) is 0 Å². The quantitative estimate of drug-likeness (QED) is 0.794. The molecule has 2 aliphatic heterocycles. The van der Waals surface area contributed by atoms with Crippen LogP contribution in [0.25, 0.3) is 6.08 Å². The first-order valence-corrected chi connectivity index (χ1v) is 9.80. The maximum Gasteiger partial charge on any atom is 0.262 e. The molecule has 138 valence electrons. The Kier molecular flexibility index (Phi) is 5.27. The van der Waals surface area contributed by atoms with Crippen LogP contribution in [0.1, 0.15) is 28.8 Å². The van der Waals surface area contributed by atoms with E-state index in [1.54, 1.807) is 12.1 Å². The minimum Gasteiger partial charge on any atom is -0.376 e. The van der Waals surface area contributed by atoms with Crippen LogP contribution in [0.15, 0.2) is 58.3 Å². The number of amides is 2. The van der Waals surface area contributed by atoms with Crippen molar-refractivity contribution in [2.75, 3.05) is 18.5 Å². The smallest absolute Gasteiger partial charge is 0.262 e. The van der Waals surface area contributed by atoms with Gasteiger partial charge in [0.05, 0.1) is 16.7 Å². The van der Waals surface area contributed by atoms with Crippen LogP contribution < -0.4 is 10.6 Å². The van der Waals surface area contributed by atoms with Crippen LogP contribution >= 0.6 is 11.8 Å². The van der Waals surface area contributed by atoms with Crippen LogP contribution in [0.4, 0.5) is 5.69 Å². The maximum atomic E-state index is 12.3. The van der Waals surface area contributed by atoms with E-state index in [1.165, 1.54) is 11.8 Å². The fourth-order valence-electron chi connectivity index (χ4n) is 3.10. The van der Waals surface area contributed by atoms with E-state index in [1.807, 2.05) is 42.5 Å². The van der Waals surface area contributed by atoms with Gasteiger partial charge in [0.2, 0.25) is 0 Å². The first-order valence-electron chi connectivity index (χ1n) is 8.99. The van der Waals surface area contributed by atoms with Gasteiger partial charge in [0.15, 0.2) is 0 Å². The second kappa shape index (κ2) is 7.98. The van der Waals surface area contributed by atoms with Gasteiger partial charge in [0, 0.05) is 23.6 Å². The van der Waals surface area contributed by atoms with Gasteiger partial charge >= 0.3 is 0 Å². The average molecular weight is 380 g/mol. The highest BCUT2D eigenvalue weighted by molar-refractivity contribution is 8.04. The zero-order valence-corrected chi connectivity index (χ0v) is 15.6. The number of hydrogen-bond acceptors (Lipinski definition) is 4. The van der Waals surface area contributed by atoms with Crippen molar-refractivity contribution in [1.82, 2.24) is 5.32 Å². The number of carbonyl (C=O) groups excluding carboxylic acids is 2. The van der Waals surface area contributed by atoms with Crippen molar-refractivity contribution in [2.24, 2.45) is 0 Å². The minimum absolute atomic E-state index is 0.108. The number of nitrogens with one attached hydrogen (secondary N) is 2. The summed E-state index contributed by atoms with van der Waals surface area (Å²) in [6.07, 6.45) is 4.02. The zero-order valence-electron chi connectivity index (χ0n) is 14.7. The summed E-state index contributed by atoms with van der Waals surface area (Å²) in [5, 5.41) is 5.81. The molecule has 1 saturated heterocycles. The van der Waals surface area contributed by atoms with Crippen molar-refractivity contribution < 1.29 is 14.3 Å². The summed E-state index contributed by atoms with van der Waals surface area (Å²) in [5.74, 6) is -0.222. The second-order valence-electron chi connectivity index (χ2n) is 6.53. The van der Waals surface area contributed by atoms with Gasteiger partial charge in [-0.2, -0.15) is 0 Å². The maximum absolute atomic E-state index is 12.3. The fourth-order valence-corrected chi connectivity index (χ4v) is 4.05. The Morgan fingerprint density at radius 2 is 2.04 bits per heavy atom. The van der Waals surface area contributed by atoms with Crippen molar-refractivity contribution in [1.29, 1.82) is 0 Å². The molecule has 2 amide bonds. The van der Waals surface area contributed by atoms with Crippen molar-refractivity contribution in [3.05, 3.63) is 64.6 Å². The summed E-state index contributed by atoms with van der Waals surface area (Å²) in [6.45, 7) is 1.32. The van der Waals surface area contributed by atoms with Crippen LogP contribution in [-0.2, 0) is 9.53 Å². The van der Waals surface area contributed by atoms with Crippen LogP contribution in [-0.4, -0.2) is 31.1 Å². The molecule has 1 atom stereocenters. The molecule has 6 heteroatoms. The van der Waals surface area contributed by atoms with E-state index in [4.69, 9.17) is 4.74 Å². The summed E-state index contributed by atoms with van der Waals surface area (Å²) < 4.78 is 5.52. The van der Waals surface area contributed by atoms with E-state index < -0.39 is 0 Å². The number of thioether (sulfide) groups is 1. The van der Waals surface area contributed by atoms with Gasteiger partial charge in [-0.1, -0.05) is 36.0 Å². The van der Waals surface area contributed by atoms with E-state index in [2.05, 4.69) is 10.6 Å². The summed E-state index contributed by atoms with van der Waals surface area (Å²) in [6, 6.07) is 15.0. The molecule has 0 saturated carbocycles. The summed E-state index contributed by atoms with van der Waals surface area (Å²) in [5.41, 5.74) is 2.31. The lowest BCUT2D eigenvalue weighted by molar-refractivity contribution is -0.112. The predicted octanol–water partition coefficient (Wildman–Crippen LogP) is 3.68. The van der Waals surface area contributed by atoms with Gasteiger partial charge in [-0.05, 0) is 48.7 Å². The van der Waals surface area contributed by atoms with Gasteiger partial charge in [0.25, 0.3) is 11.8 Å². The SMILES string of the molecule is O=C1Nc2ccccc2S/C1=C/c1ccc(C(=O)NCC2CCCO2)cc1. The molecule has 0 radical (unpaired) electrons. The lowest BCUT2D eigenvalue weighted by Crippen LogP contribution is -2.31. The first kappa shape index (κ1) is 17.8. The number of fused-ring (bicyclic) bond motifs is 1. The van der Waals surface area contributed by atoms with Crippen LogP contribution in [0.3, 0.4) is 0 Å². The Bertz CT molecular complexity index is 887. The molecule has 2 heterocycles. The van der Waals surface area contributed by atoms with E-state index in [-0.39, 0.29) is 17.9 Å². The number of anilines is 1. The Morgan fingerprint density at radius 1 is 1.22 bits per heavy atom. The van der Waals surface area contributed by atoms with Crippen molar-refractivity contribution in [2.45, 2.75) is 23.8 Å². The molecule has 2 aromatic carbocycles. The Hall–Kier alpha value is -2.57. The number of benzene rings is 2. The highest BCUT2D eigenvalue weighted by Gasteiger charge is 2.20. The average Bonchev–Trinajstić information content (AvgIpc) is 3.21. The number of carbonyl (C=O) groups is 2. The number of rotatable bonds is 4. The Morgan fingerprint density at radius 3 is 2.81 bits per heavy atom. The second-order valence-corrected chi connectivity index (χ2v) is 7.61.